The molecule has 1 amide bonds. The SMILES string of the molecule is CC(C)NS(=O)(=O)c1ccc(C(=O)N(Cc2nnc(-c3ccccc3Cl)o2)C(C)C)cc1. The van der Waals surface area contributed by atoms with E-state index in [0.29, 0.717) is 16.1 Å². The molecule has 10 heteroatoms. The van der Waals surface area contributed by atoms with Gasteiger partial charge in [-0.1, -0.05) is 23.7 Å². The lowest BCUT2D eigenvalue weighted by Crippen LogP contribution is -2.36. The second-order valence-electron chi connectivity index (χ2n) is 7.81. The molecule has 8 nitrogen and oxygen atoms in total. The predicted molar refractivity (Wildman–Crippen MR) is 122 cm³/mol. The van der Waals surface area contributed by atoms with E-state index in [1.807, 2.05) is 19.9 Å². The summed E-state index contributed by atoms with van der Waals surface area (Å²) in [5, 5.41) is 8.58. The average Bonchev–Trinajstić information content (AvgIpc) is 3.19. The Hall–Kier alpha value is -2.75. The highest BCUT2D eigenvalue weighted by atomic mass is 35.5. The number of rotatable bonds is 8. The van der Waals surface area contributed by atoms with Crippen LogP contribution < -0.4 is 4.72 Å². The fourth-order valence-electron chi connectivity index (χ4n) is 3.02. The van der Waals surface area contributed by atoms with Crippen LogP contribution in [0.3, 0.4) is 0 Å². The van der Waals surface area contributed by atoms with Crippen LogP contribution in [0.15, 0.2) is 57.8 Å². The van der Waals surface area contributed by atoms with E-state index >= 15 is 0 Å². The topological polar surface area (TPSA) is 105 Å². The minimum absolute atomic E-state index is 0.0973. The zero-order valence-corrected chi connectivity index (χ0v) is 19.8. The summed E-state index contributed by atoms with van der Waals surface area (Å²) in [6.07, 6.45) is 0. The number of carbonyl (C=O) groups excluding carboxylic acids is 1. The van der Waals surface area contributed by atoms with Gasteiger partial charge in [-0.25, -0.2) is 13.1 Å². The summed E-state index contributed by atoms with van der Waals surface area (Å²) in [6.45, 7) is 7.32. The number of amides is 1. The maximum absolute atomic E-state index is 13.1. The third kappa shape index (κ3) is 5.53. The van der Waals surface area contributed by atoms with Crippen LogP contribution in [0.2, 0.25) is 5.02 Å². The molecule has 32 heavy (non-hydrogen) atoms. The minimum atomic E-state index is -3.63. The first-order valence-electron chi connectivity index (χ1n) is 10.1. The molecule has 0 atom stereocenters. The predicted octanol–water partition coefficient (Wildman–Crippen LogP) is 4.13. The van der Waals surface area contributed by atoms with Crippen molar-refractivity contribution < 1.29 is 17.6 Å². The van der Waals surface area contributed by atoms with Crippen molar-refractivity contribution in [3.63, 3.8) is 0 Å². The number of aromatic nitrogens is 2. The van der Waals surface area contributed by atoms with Crippen molar-refractivity contribution in [2.24, 2.45) is 0 Å². The monoisotopic (exact) mass is 476 g/mol. The molecular weight excluding hydrogens is 452 g/mol. The maximum atomic E-state index is 13.1. The van der Waals surface area contributed by atoms with Crippen molar-refractivity contribution in [1.29, 1.82) is 0 Å². The quantitative estimate of drug-likeness (QED) is 0.524. The van der Waals surface area contributed by atoms with Crippen molar-refractivity contribution >= 4 is 27.5 Å². The van der Waals surface area contributed by atoms with Gasteiger partial charge in [0.05, 0.1) is 22.0 Å². The van der Waals surface area contributed by atoms with Gasteiger partial charge in [0, 0.05) is 17.6 Å². The number of hydrogen-bond acceptors (Lipinski definition) is 6. The largest absolute Gasteiger partial charge is 0.419 e. The van der Waals surface area contributed by atoms with Crippen molar-refractivity contribution in [2.45, 2.75) is 51.2 Å². The summed E-state index contributed by atoms with van der Waals surface area (Å²) in [5.74, 6) is 0.259. The van der Waals surface area contributed by atoms with E-state index in [1.165, 1.54) is 24.3 Å². The van der Waals surface area contributed by atoms with Crippen LogP contribution in [-0.2, 0) is 16.6 Å². The minimum Gasteiger partial charge on any atom is -0.419 e. The van der Waals surface area contributed by atoms with Gasteiger partial charge >= 0.3 is 0 Å². The van der Waals surface area contributed by atoms with Crippen molar-refractivity contribution in [3.8, 4) is 11.5 Å². The fraction of sp³-hybridized carbons (Fsp3) is 0.318. The molecule has 1 heterocycles. The van der Waals surface area contributed by atoms with Gasteiger partial charge < -0.3 is 9.32 Å². The van der Waals surface area contributed by atoms with Gasteiger partial charge in [0.25, 0.3) is 5.91 Å². The van der Waals surface area contributed by atoms with Crippen LogP contribution in [0, 0.1) is 0 Å². The number of halogens is 1. The van der Waals surface area contributed by atoms with Crippen LogP contribution in [0.4, 0.5) is 0 Å². The average molecular weight is 477 g/mol. The smallest absolute Gasteiger partial charge is 0.254 e. The molecule has 0 aliphatic rings. The Labute approximate surface area is 192 Å². The molecule has 0 aliphatic heterocycles. The van der Waals surface area contributed by atoms with Crippen LogP contribution in [0.1, 0.15) is 43.9 Å². The van der Waals surface area contributed by atoms with E-state index in [1.54, 1.807) is 36.9 Å². The zero-order chi connectivity index (χ0) is 23.5. The van der Waals surface area contributed by atoms with Gasteiger partial charge in [-0.3, -0.25) is 4.79 Å². The highest BCUT2D eigenvalue weighted by Crippen LogP contribution is 2.26. The second-order valence-corrected chi connectivity index (χ2v) is 9.93. The van der Waals surface area contributed by atoms with E-state index in [0.717, 1.165) is 0 Å². The van der Waals surface area contributed by atoms with Crippen molar-refractivity contribution in [1.82, 2.24) is 19.8 Å². The van der Waals surface area contributed by atoms with Crippen LogP contribution in [-0.4, -0.2) is 41.5 Å². The summed E-state index contributed by atoms with van der Waals surface area (Å²) in [7, 11) is -3.63. The highest BCUT2D eigenvalue weighted by Gasteiger charge is 2.23. The number of carbonyl (C=O) groups is 1. The fourth-order valence-corrected chi connectivity index (χ4v) is 4.48. The Morgan fingerprint density at radius 1 is 1.06 bits per heavy atom. The van der Waals surface area contributed by atoms with Gasteiger partial charge in [-0.2, -0.15) is 0 Å². The Kier molecular flexibility index (Phi) is 7.33. The van der Waals surface area contributed by atoms with Gasteiger partial charge in [-0.15, -0.1) is 10.2 Å². The summed E-state index contributed by atoms with van der Waals surface area (Å²) in [6, 6.07) is 12.5. The molecule has 0 spiro atoms. The van der Waals surface area contributed by atoms with E-state index in [2.05, 4.69) is 14.9 Å². The summed E-state index contributed by atoms with van der Waals surface area (Å²) in [5.41, 5.74) is 0.968. The molecule has 0 unspecified atom stereocenters. The Morgan fingerprint density at radius 3 is 2.31 bits per heavy atom. The molecular formula is C22H25ClN4O4S. The molecule has 0 aliphatic carbocycles. The lowest BCUT2D eigenvalue weighted by Gasteiger charge is -2.25. The maximum Gasteiger partial charge on any atom is 0.254 e. The molecule has 3 aromatic rings. The number of nitrogens with one attached hydrogen (secondary N) is 1. The van der Waals surface area contributed by atoms with E-state index in [4.69, 9.17) is 16.0 Å². The highest BCUT2D eigenvalue weighted by molar-refractivity contribution is 7.89. The number of sulfonamides is 1. The second kappa shape index (κ2) is 9.81. The lowest BCUT2D eigenvalue weighted by atomic mass is 10.1. The molecule has 3 rings (SSSR count). The first-order chi connectivity index (χ1) is 15.1. The molecule has 0 saturated carbocycles. The summed E-state index contributed by atoms with van der Waals surface area (Å²) < 4.78 is 32.9. The molecule has 2 aromatic carbocycles. The van der Waals surface area contributed by atoms with E-state index in [-0.39, 0.29) is 41.2 Å². The number of nitrogens with zero attached hydrogens (tertiary/aromatic N) is 3. The molecule has 0 radical (unpaired) electrons. The zero-order valence-electron chi connectivity index (χ0n) is 18.2. The standard InChI is InChI=1S/C22H25ClN4O4S/c1-14(2)26-32(29,30)17-11-9-16(10-12-17)22(28)27(15(3)4)13-20-24-25-21(31-20)18-7-5-6-8-19(18)23/h5-12,14-15,26H,13H2,1-4H3. The first kappa shape index (κ1) is 23.9. The van der Waals surface area contributed by atoms with Crippen molar-refractivity contribution in [3.05, 3.63) is 65.0 Å². The van der Waals surface area contributed by atoms with E-state index < -0.39 is 10.0 Å². The Bertz CT molecular complexity index is 1190. The molecule has 0 saturated heterocycles. The summed E-state index contributed by atoms with van der Waals surface area (Å²) in [4.78, 5) is 14.8. The Balaban J connectivity index is 1.79. The van der Waals surface area contributed by atoms with Crippen LogP contribution >= 0.6 is 11.6 Å². The summed E-state index contributed by atoms with van der Waals surface area (Å²) >= 11 is 6.19. The van der Waals surface area contributed by atoms with Gasteiger partial charge in [0.2, 0.25) is 21.8 Å². The Morgan fingerprint density at radius 2 is 1.72 bits per heavy atom. The van der Waals surface area contributed by atoms with Crippen LogP contribution in [0.5, 0.6) is 0 Å². The third-order valence-corrected chi connectivity index (χ3v) is 6.57. The van der Waals surface area contributed by atoms with E-state index in [9.17, 15) is 13.2 Å². The number of benzene rings is 2. The van der Waals surface area contributed by atoms with Gasteiger partial charge in [-0.05, 0) is 64.1 Å². The van der Waals surface area contributed by atoms with Gasteiger partial charge in [0.15, 0.2) is 0 Å². The van der Waals surface area contributed by atoms with Gasteiger partial charge in [0.1, 0.15) is 0 Å². The molecule has 0 bridgehead atoms. The lowest BCUT2D eigenvalue weighted by molar-refractivity contribution is 0.0672. The third-order valence-electron chi connectivity index (χ3n) is 4.56. The molecule has 170 valence electrons. The first-order valence-corrected chi connectivity index (χ1v) is 11.9. The normalized spacial score (nSPS) is 11.8. The molecule has 0 fully saturated rings. The molecule has 1 N–H and O–H groups in total. The number of hydrogen-bond donors (Lipinski definition) is 1. The van der Waals surface area contributed by atoms with Crippen LogP contribution in [0.25, 0.3) is 11.5 Å². The molecule has 1 aromatic heterocycles. The van der Waals surface area contributed by atoms with Crippen molar-refractivity contribution in [2.75, 3.05) is 0 Å².